The first-order chi connectivity index (χ1) is 10.1. The first kappa shape index (κ1) is 20.4. The Morgan fingerprint density at radius 1 is 1.10 bits per heavy atom. The van der Waals surface area contributed by atoms with Crippen molar-refractivity contribution in [3.8, 4) is 0 Å². The number of unbranched alkanes of at least 4 members (excludes halogenated alkanes) is 3. The van der Waals surface area contributed by atoms with Crippen molar-refractivity contribution in [2.75, 3.05) is 13.2 Å². The lowest BCUT2D eigenvalue weighted by atomic mass is 10.2. The predicted molar refractivity (Wildman–Crippen MR) is 91.7 cm³/mol. The van der Waals surface area contributed by atoms with Crippen molar-refractivity contribution in [2.24, 2.45) is 0 Å². The lowest BCUT2D eigenvalue weighted by Gasteiger charge is -2.20. The molecule has 0 rings (SSSR count). The molecule has 0 bridgehead atoms. The maximum absolute atomic E-state index is 12.9. The van der Waals surface area contributed by atoms with Crippen LogP contribution in [-0.4, -0.2) is 13.2 Å². The van der Waals surface area contributed by atoms with E-state index in [0.717, 1.165) is 24.6 Å². The molecule has 0 aliphatic heterocycles. The van der Waals surface area contributed by atoms with Gasteiger partial charge in [0.15, 0.2) is 0 Å². The van der Waals surface area contributed by atoms with Crippen LogP contribution in [0.2, 0.25) is 0 Å². The van der Waals surface area contributed by atoms with Crippen LogP contribution in [0.4, 0.5) is 0 Å². The monoisotopic (exact) mass is 314 g/mol. The van der Waals surface area contributed by atoms with Gasteiger partial charge < -0.3 is 9.05 Å². The van der Waals surface area contributed by atoms with Gasteiger partial charge in [-0.1, -0.05) is 50.6 Å². The van der Waals surface area contributed by atoms with E-state index in [4.69, 9.17) is 9.05 Å². The van der Waals surface area contributed by atoms with E-state index < -0.39 is 7.60 Å². The molecule has 0 heterocycles. The minimum absolute atomic E-state index is 0.395. The smallest absolute Gasteiger partial charge is 0.306 e. The second kappa shape index (κ2) is 13.1. The summed E-state index contributed by atoms with van der Waals surface area (Å²) in [5, 5.41) is 0.816. The fourth-order valence-corrected chi connectivity index (χ4v) is 3.82. The predicted octanol–water partition coefficient (Wildman–Crippen LogP) is 6.24. The Morgan fingerprint density at radius 3 is 2.29 bits per heavy atom. The average molecular weight is 314 g/mol. The van der Waals surface area contributed by atoms with Gasteiger partial charge in [-0.05, 0) is 39.5 Å². The zero-order valence-corrected chi connectivity index (χ0v) is 14.7. The molecule has 0 N–H and O–H groups in total. The van der Waals surface area contributed by atoms with E-state index >= 15 is 0 Å². The van der Waals surface area contributed by atoms with E-state index in [9.17, 15) is 4.57 Å². The lowest BCUT2D eigenvalue weighted by molar-refractivity contribution is 0.225. The maximum Gasteiger partial charge on any atom is 0.356 e. The molecule has 0 aromatic heterocycles. The summed E-state index contributed by atoms with van der Waals surface area (Å²) in [4.78, 5) is 0. The number of allylic oxidation sites excluding steroid dienone is 5. The van der Waals surface area contributed by atoms with Gasteiger partial charge in [0.05, 0.1) is 13.2 Å². The largest absolute Gasteiger partial charge is 0.356 e. The Labute approximate surface area is 130 Å². The molecular weight excluding hydrogens is 283 g/mol. The van der Waals surface area contributed by atoms with Crippen LogP contribution >= 0.6 is 7.60 Å². The summed E-state index contributed by atoms with van der Waals surface area (Å²) in [6, 6.07) is 0. The highest BCUT2D eigenvalue weighted by Gasteiger charge is 2.28. The highest BCUT2D eigenvalue weighted by Crippen LogP contribution is 2.57. The topological polar surface area (TPSA) is 35.5 Å². The standard InChI is InChI=1S/C17H31O3P/c1-5-9-11-13-15-17(16-14-12-10-6-2)21(18,19-7-3)20-8-4/h5,9,11,16H,1,6-8,10,12-15H2,2-4H3. The first-order valence-electron chi connectivity index (χ1n) is 8.00. The van der Waals surface area contributed by atoms with Crippen LogP contribution in [0, 0.1) is 0 Å². The third-order valence-electron chi connectivity index (χ3n) is 2.98. The average Bonchev–Trinajstić information content (AvgIpc) is 2.46. The Hall–Kier alpha value is -0.630. The fraction of sp³-hybridized carbons (Fsp3) is 0.647. The van der Waals surface area contributed by atoms with Crippen LogP contribution in [0.1, 0.15) is 59.3 Å². The zero-order chi connectivity index (χ0) is 16.0. The molecule has 0 unspecified atom stereocenters. The van der Waals surface area contributed by atoms with Gasteiger partial charge in [0.25, 0.3) is 0 Å². The summed E-state index contributed by atoms with van der Waals surface area (Å²) in [5.74, 6) is 0. The van der Waals surface area contributed by atoms with Gasteiger partial charge in [-0.3, -0.25) is 4.57 Å². The van der Waals surface area contributed by atoms with Crippen molar-refractivity contribution >= 4 is 7.60 Å². The van der Waals surface area contributed by atoms with Crippen LogP contribution in [0.3, 0.4) is 0 Å². The first-order valence-corrected chi connectivity index (χ1v) is 9.55. The zero-order valence-electron chi connectivity index (χ0n) is 13.8. The van der Waals surface area contributed by atoms with Gasteiger partial charge in [-0.25, -0.2) is 0 Å². The van der Waals surface area contributed by atoms with Crippen molar-refractivity contribution in [3.63, 3.8) is 0 Å². The number of rotatable bonds is 13. The van der Waals surface area contributed by atoms with Gasteiger partial charge in [0.1, 0.15) is 0 Å². The fourth-order valence-electron chi connectivity index (χ4n) is 1.98. The van der Waals surface area contributed by atoms with Crippen molar-refractivity contribution in [3.05, 3.63) is 36.2 Å². The minimum atomic E-state index is -3.13. The van der Waals surface area contributed by atoms with Gasteiger partial charge in [-0.15, -0.1) is 0 Å². The third-order valence-corrected chi connectivity index (χ3v) is 5.28. The van der Waals surface area contributed by atoms with Crippen LogP contribution in [0.15, 0.2) is 36.2 Å². The highest BCUT2D eigenvalue weighted by molar-refractivity contribution is 7.58. The van der Waals surface area contributed by atoms with E-state index in [1.54, 1.807) is 6.08 Å². The second-order valence-corrected chi connectivity index (χ2v) is 6.81. The van der Waals surface area contributed by atoms with E-state index in [2.05, 4.69) is 19.6 Å². The minimum Gasteiger partial charge on any atom is -0.306 e. The molecule has 0 aromatic carbocycles. The van der Waals surface area contributed by atoms with Gasteiger partial charge in [0.2, 0.25) is 0 Å². The summed E-state index contributed by atoms with van der Waals surface area (Å²) < 4.78 is 23.8. The normalized spacial score (nSPS) is 13.0. The third kappa shape index (κ3) is 9.08. The Balaban J connectivity index is 4.91. The van der Waals surface area contributed by atoms with Crippen LogP contribution in [0.5, 0.6) is 0 Å². The quantitative estimate of drug-likeness (QED) is 0.229. The molecule has 0 amide bonds. The van der Waals surface area contributed by atoms with Gasteiger partial charge in [-0.2, -0.15) is 0 Å². The van der Waals surface area contributed by atoms with E-state index in [0.29, 0.717) is 19.6 Å². The number of hydrogen-bond acceptors (Lipinski definition) is 3. The van der Waals surface area contributed by atoms with Crippen molar-refractivity contribution in [2.45, 2.75) is 59.3 Å². The summed E-state index contributed by atoms with van der Waals surface area (Å²) >= 11 is 0. The van der Waals surface area contributed by atoms with E-state index in [1.165, 1.54) is 12.8 Å². The molecule has 0 radical (unpaired) electrons. The molecule has 0 fully saturated rings. The lowest BCUT2D eigenvalue weighted by Crippen LogP contribution is -1.99. The molecule has 21 heavy (non-hydrogen) atoms. The second-order valence-electron chi connectivity index (χ2n) is 4.73. The summed E-state index contributed by atoms with van der Waals surface area (Å²) in [7, 11) is -3.13. The number of hydrogen-bond donors (Lipinski definition) is 0. The maximum atomic E-state index is 12.9. The molecular formula is C17H31O3P. The SMILES string of the molecule is C=CC=CCCC(=CCCCCC)P(=O)(OCC)OCC. The molecule has 0 spiro atoms. The van der Waals surface area contributed by atoms with Crippen molar-refractivity contribution in [1.29, 1.82) is 0 Å². The van der Waals surface area contributed by atoms with Crippen LogP contribution < -0.4 is 0 Å². The molecule has 0 saturated heterocycles. The van der Waals surface area contributed by atoms with Gasteiger partial charge >= 0.3 is 7.60 Å². The summed E-state index contributed by atoms with van der Waals surface area (Å²) in [6.07, 6.45) is 13.7. The molecule has 0 atom stereocenters. The summed E-state index contributed by atoms with van der Waals surface area (Å²) in [6.45, 7) is 10.3. The molecule has 0 aliphatic carbocycles. The molecule has 0 saturated carbocycles. The molecule has 0 aromatic rings. The van der Waals surface area contributed by atoms with E-state index in [1.807, 2.05) is 26.0 Å². The van der Waals surface area contributed by atoms with Crippen LogP contribution in [-0.2, 0) is 13.6 Å². The van der Waals surface area contributed by atoms with Gasteiger partial charge in [0, 0.05) is 5.31 Å². The molecule has 122 valence electrons. The molecule has 3 nitrogen and oxygen atoms in total. The molecule has 0 aliphatic rings. The summed E-state index contributed by atoms with van der Waals surface area (Å²) in [5.41, 5.74) is 0. The Kier molecular flexibility index (Phi) is 12.7. The Morgan fingerprint density at radius 2 is 1.76 bits per heavy atom. The van der Waals surface area contributed by atoms with Crippen molar-refractivity contribution in [1.82, 2.24) is 0 Å². The molecule has 4 heteroatoms. The van der Waals surface area contributed by atoms with Crippen molar-refractivity contribution < 1.29 is 13.6 Å². The highest BCUT2D eigenvalue weighted by atomic mass is 31.2. The Bertz CT molecular complexity index is 362. The van der Waals surface area contributed by atoms with E-state index in [-0.39, 0.29) is 0 Å². The van der Waals surface area contributed by atoms with Crippen LogP contribution in [0.25, 0.3) is 0 Å².